The molecule has 260 valence electrons. The van der Waals surface area contributed by atoms with Crippen molar-refractivity contribution in [2.45, 2.75) is 80.1 Å². The van der Waals surface area contributed by atoms with E-state index in [2.05, 4.69) is 0 Å². The molecular weight excluding hydrogens is 648 g/mol. The van der Waals surface area contributed by atoms with Crippen LogP contribution in [0.3, 0.4) is 0 Å². The molecular formula is C34H34O15. The van der Waals surface area contributed by atoms with Crippen LogP contribution in [0.4, 0.5) is 0 Å². The fourth-order valence-electron chi connectivity index (χ4n) is 7.72. The summed E-state index contributed by atoms with van der Waals surface area (Å²) < 4.78 is 27.3. The van der Waals surface area contributed by atoms with Crippen molar-refractivity contribution in [1.82, 2.24) is 0 Å². The van der Waals surface area contributed by atoms with Gasteiger partial charge in [-0.1, -0.05) is 42.8 Å². The third-order valence-corrected chi connectivity index (χ3v) is 9.91. The lowest BCUT2D eigenvalue weighted by Gasteiger charge is -2.59. The summed E-state index contributed by atoms with van der Waals surface area (Å²) in [5.74, 6) is -7.25. The number of hydrogen-bond acceptors (Lipinski definition) is 13. The lowest BCUT2D eigenvalue weighted by atomic mass is 9.47. The van der Waals surface area contributed by atoms with Crippen molar-refractivity contribution >= 4 is 29.8 Å². The van der Waals surface area contributed by atoms with Crippen molar-refractivity contribution < 1.29 is 73.2 Å². The molecule has 2 bridgehead atoms. The molecule has 4 aliphatic rings. The first kappa shape index (κ1) is 33.9. The van der Waals surface area contributed by atoms with Crippen LogP contribution in [0.1, 0.15) is 54.9 Å². The van der Waals surface area contributed by atoms with Crippen LogP contribution >= 0.6 is 0 Å². The minimum atomic E-state index is -2.60. The van der Waals surface area contributed by atoms with Crippen LogP contribution in [-0.4, -0.2) is 92.5 Å². The van der Waals surface area contributed by atoms with Crippen LogP contribution in [0, 0.1) is 5.92 Å². The van der Waals surface area contributed by atoms with Crippen molar-refractivity contribution in [3.63, 3.8) is 0 Å². The summed E-state index contributed by atoms with van der Waals surface area (Å²) in [5.41, 5.74) is -0.479. The molecule has 15 heteroatoms. The topological polar surface area (TPSA) is 233 Å². The molecule has 1 saturated carbocycles. The van der Waals surface area contributed by atoms with Gasteiger partial charge in [0.15, 0.2) is 29.8 Å². The molecule has 0 radical (unpaired) electrons. The zero-order valence-electron chi connectivity index (χ0n) is 26.1. The highest BCUT2D eigenvalue weighted by atomic mass is 16.6. The van der Waals surface area contributed by atoms with Crippen molar-refractivity contribution in [2.75, 3.05) is 7.11 Å². The summed E-state index contributed by atoms with van der Waals surface area (Å²) >= 11 is 0. The van der Waals surface area contributed by atoms with Gasteiger partial charge in [0.05, 0.1) is 24.5 Å². The van der Waals surface area contributed by atoms with E-state index in [1.807, 2.05) is 6.07 Å². The number of hydrogen-bond donors (Lipinski definition) is 5. The van der Waals surface area contributed by atoms with Crippen LogP contribution in [0.5, 0.6) is 11.5 Å². The highest BCUT2D eigenvalue weighted by Gasteiger charge is 2.71. The Balaban J connectivity index is 1.20. The van der Waals surface area contributed by atoms with E-state index in [4.69, 9.17) is 28.8 Å². The van der Waals surface area contributed by atoms with Gasteiger partial charge in [-0.3, -0.25) is 4.79 Å². The van der Waals surface area contributed by atoms with Crippen LogP contribution in [0.15, 0.2) is 54.3 Å². The molecule has 1 spiro atoms. The van der Waals surface area contributed by atoms with Crippen molar-refractivity contribution in [1.29, 1.82) is 0 Å². The molecule has 6 rings (SSSR count). The van der Waals surface area contributed by atoms with E-state index >= 15 is 0 Å². The maximum Gasteiger partial charge on any atom is 0.353 e. The van der Waals surface area contributed by atoms with Gasteiger partial charge in [0.25, 0.3) is 0 Å². The molecule has 5 N–H and O–H groups in total. The number of aliphatic carboxylic acids is 2. The fraction of sp³-hybridized carbons (Fsp3) is 0.441. The average Bonchev–Trinajstić information content (AvgIpc) is 3.42. The van der Waals surface area contributed by atoms with E-state index < -0.39 is 77.8 Å². The molecule has 1 aliphatic heterocycles. The molecule has 0 aromatic heterocycles. The highest BCUT2D eigenvalue weighted by Crippen LogP contribution is 2.67. The molecule has 15 nitrogen and oxygen atoms in total. The average molecular weight is 683 g/mol. The normalized spacial score (nSPS) is 26.7. The van der Waals surface area contributed by atoms with Crippen molar-refractivity contribution in [2.24, 2.45) is 5.92 Å². The van der Waals surface area contributed by atoms with E-state index in [-0.39, 0.29) is 23.7 Å². The maximum absolute atomic E-state index is 13.2. The Morgan fingerprint density at radius 1 is 0.959 bits per heavy atom. The fourth-order valence-corrected chi connectivity index (χ4v) is 7.72. The number of carbonyl (C=O) groups excluding carboxylic acids is 3. The molecule has 49 heavy (non-hydrogen) atoms. The molecule has 0 saturated heterocycles. The molecule has 2 aromatic carbocycles. The Bertz CT molecular complexity index is 1720. The zero-order chi connectivity index (χ0) is 35.2. The maximum atomic E-state index is 13.2. The Kier molecular flexibility index (Phi) is 8.85. The van der Waals surface area contributed by atoms with Gasteiger partial charge in [-0.25, -0.2) is 19.2 Å². The first-order valence-electron chi connectivity index (χ1n) is 15.6. The number of aliphatic hydroxyl groups is 3. The van der Waals surface area contributed by atoms with E-state index in [0.29, 0.717) is 24.3 Å². The Labute approximate surface area is 278 Å². The monoisotopic (exact) mass is 682 g/mol. The van der Waals surface area contributed by atoms with Crippen molar-refractivity contribution in [3.8, 4) is 11.5 Å². The van der Waals surface area contributed by atoms with Crippen LogP contribution < -0.4 is 9.47 Å². The van der Waals surface area contributed by atoms with Gasteiger partial charge >= 0.3 is 29.8 Å². The van der Waals surface area contributed by atoms with Gasteiger partial charge in [0.2, 0.25) is 12.2 Å². The van der Waals surface area contributed by atoms with E-state index in [0.717, 1.165) is 24.0 Å². The SMILES string of the molecule is COc1ccc2c3c1O[C@@H]1C(OC(=O)[C@H](O)[C@@H](O)C(=O)O[C@H](C(=O)O[C@H](CC(=O)O)C(=O)O)c4ccccc4)=CC[C@]4(O)[C@@H](CCC[C@@]314)C2. The van der Waals surface area contributed by atoms with Gasteiger partial charge in [0.1, 0.15) is 5.76 Å². The molecule has 2 aromatic rings. The summed E-state index contributed by atoms with van der Waals surface area (Å²) in [6.45, 7) is 0. The summed E-state index contributed by atoms with van der Waals surface area (Å²) in [4.78, 5) is 61.7. The molecule has 0 unspecified atom stereocenters. The summed E-state index contributed by atoms with van der Waals surface area (Å²) in [6.07, 6.45) is -7.06. The van der Waals surface area contributed by atoms with Gasteiger partial charge in [-0.15, -0.1) is 0 Å². The number of benzene rings is 2. The molecule has 8 atom stereocenters. The van der Waals surface area contributed by atoms with Crippen molar-refractivity contribution in [3.05, 3.63) is 71.0 Å². The third kappa shape index (κ3) is 5.56. The number of methoxy groups -OCH3 is 1. The van der Waals surface area contributed by atoms with Crippen LogP contribution in [-0.2, 0) is 50.0 Å². The summed E-state index contributed by atoms with van der Waals surface area (Å²) in [6, 6.07) is 10.8. The Hall–Kier alpha value is -4.99. The van der Waals surface area contributed by atoms with Gasteiger partial charge in [-0.05, 0) is 49.3 Å². The second-order valence-corrected chi connectivity index (χ2v) is 12.5. The first-order chi connectivity index (χ1) is 23.3. The third-order valence-electron chi connectivity index (χ3n) is 9.91. The standard InChI is InChI=1S/C34H34O15/c1-45-19-10-9-17-14-18-8-5-12-33-23(17)27(19)48-28(33)20(11-13-34(18,33)44)46-30(41)24(37)25(38)31(42)49-26(16-6-3-2-4-7-16)32(43)47-21(29(39)40)15-22(35)36/h2-4,6-7,9-11,18,21,24-26,28,37-38,44H,5,8,12-15H2,1H3,(H,35,36)(H,39,40)/t18-,21+,24+,25+,26-,28+,33+,34-/m0/s1. The highest BCUT2D eigenvalue weighted by molar-refractivity contribution is 5.89. The number of esters is 3. The minimum Gasteiger partial charge on any atom is -0.493 e. The molecule has 1 heterocycles. The van der Waals surface area contributed by atoms with Crippen LogP contribution in [0.2, 0.25) is 0 Å². The number of ether oxygens (including phenoxy) is 5. The summed E-state index contributed by atoms with van der Waals surface area (Å²) in [5, 5.41) is 51.9. The number of carboxylic acid groups (broad SMARTS) is 2. The van der Waals surface area contributed by atoms with E-state index in [1.165, 1.54) is 37.5 Å². The lowest BCUT2D eigenvalue weighted by Crippen LogP contribution is -2.67. The molecule has 3 aliphatic carbocycles. The smallest absolute Gasteiger partial charge is 0.353 e. The van der Waals surface area contributed by atoms with Gasteiger partial charge < -0.3 is 49.2 Å². The Morgan fingerprint density at radius 2 is 1.67 bits per heavy atom. The summed E-state index contributed by atoms with van der Waals surface area (Å²) in [7, 11) is 1.48. The lowest BCUT2D eigenvalue weighted by molar-refractivity contribution is -0.187. The molecule has 0 amide bonds. The van der Waals surface area contributed by atoms with E-state index in [9.17, 15) is 44.4 Å². The number of carboxylic acids is 2. The second kappa shape index (κ2) is 12.8. The quantitative estimate of drug-likeness (QED) is 0.156. The zero-order valence-corrected chi connectivity index (χ0v) is 26.1. The number of aliphatic hydroxyl groups excluding tert-OH is 2. The van der Waals surface area contributed by atoms with Gasteiger partial charge in [-0.2, -0.15) is 0 Å². The predicted octanol–water partition coefficient (Wildman–Crippen LogP) is 1.09. The largest absolute Gasteiger partial charge is 0.493 e. The first-order valence-corrected chi connectivity index (χ1v) is 15.6. The number of rotatable bonds is 12. The van der Waals surface area contributed by atoms with E-state index in [1.54, 1.807) is 12.1 Å². The molecule has 1 fully saturated rings. The Morgan fingerprint density at radius 3 is 2.35 bits per heavy atom. The minimum absolute atomic E-state index is 0.0371. The van der Waals surface area contributed by atoms with Gasteiger partial charge in [0, 0.05) is 11.1 Å². The predicted molar refractivity (Wildman–Crippen MR) is 161 cm³/mol. The second-order valence-electron chi connectivity index (χ2n) is 12.5. The number of carbonyl (C=O) groups is 5. The van der Waals surface area contributed by atoms with Crippen LogP contribution in [0.25, 0.3) is 0 Å².